The Morgan fingerprint density at radius 3 is 2.94 bits per heavy atom. The number of pyridine rings is 1. The van der Waals surface area contributed by atoms with Crippen LogP contribution in [0.3, 0.4) is 0 Å². The zero-order valence-electron chi connectivity index (χ0n) is 10.5. The average Bonchev–Trinajstić information content (AvgIpc) is 2.40. The van der Waals surface area contributed by atoms with E-state index in [4.69, 9.17) is 10.5 Å². The Hall–Kier alpha value is -1.68. The first-order valence-corrected chi connectivity index (χ1v) is 6.66. The molecule has 3 nitrogen and oxygen atoms in total. The summed E-state index contributed by atoms with van der Waals surface area (Å²) in [7, 11) is 1.64. The van der Waals surface area contributed by atoms with Gasteiger partial charge in [-0.1, -0.05) is 12.1 Å². The maximum absolute atomic E-state index is 5.96. The molecule has 2 N–H and O–H groups in total. The predicted molar refractivity (Wildman–Crippen MR) is 75.9 cm³/mol. The first-order valence-electron chi connectivity index (χ1n) is 5.67. The van der Waals surface area contributed by atoms with Crippen molar-refractivity contribution in [3.63, 3.8) is 0 Å². The Labute approximate surface area is 111 Å². The molecule has 0 aliphatic heterocycles. The van der Waals surface area contributed by atoms with E-state index in [2.05, 4.69) is 18.0 Å². The lowest BCUT2D eigenvalue weighted by molar-refractivity contribution is 0.394. The van der Waals surface area contributed by atoms with Crippen molar-refractivity contribution >= 4 is 17.4 Å². The van der Waals surface area contributed by atoms with Crippen LogP contribution >= 0.6 is 11.8 Å². The molecule has 0 saturated heterocycles. The number of ether oxygens (including phenoxy) is 1. The van der Waals surface area contributed by atoms with Crippen molar-refractivity contribution in [1.29, 1.82) is 0 Å². The molecular weight excluding hydrogens is 244 g/mol. The number of hydrogen-bond acceptors (Lipinski definition) is 4. The molecule has 0 aliphatic carbocycles. The summed E-state index contributed by atoms with van der Waals surface area (Å²) in [6.45, 7) is 2.06. The van der Waals surface area contributed by atoms with Gasteiger partial charge in [-0.3, -0.25) is 0 Å². The second-order valence-electron chi connectivity index (χ2n) is 4.00. The Bertz CT molecular complexity index is 543. The molecule has 4 heteroatoms. The quantitative estimate of drug-likeness (QED) is 0.677. The van der Waals surface area contributed by atoms with Gasteiger partial charge in [0.2, 0.25) is 5.88 Å². The number of hydrogen-bond donors (Lipinski definition) is 1. The number of aryl methyl sites for hydroxylation is 1. The van der Waals surface area contributed by atoms with Crippen LogP contribution in [0.25, 0.3) is 0 Å². The van der Waals surface area contributed by atoms with Crippen molar-refractivity contribution < 1.29 is 4.74 Å². The fraction of sp³-hybridized carbons (Fsp3) is 0.214. The summed E-state index contributed by atoms with van der Waals surface area (Å²) in [5.41, 5.74) is 9.06. The van der Waals surface area contributed by atoms with E-state index in [0.717, 1.165) is 21.9 Å². The number of nitrogens with two attached hydrogens (primary N) is 1. The van der Waals surface area contributed by atoms with E-state index in [-0.39, 0.29) is 0 Å². The van der Waals surface area contributed by atoms with E-state index in [1.165, 1.54) is 5.56 Å². The van der Waals surface area contributed by atoms with E-state index >= 15 is 0 Å². The second kappa shape index (κ2) is 5.78. The van der Waals surface area contributed by atoms with E-state index < -0.39 is 0 Å². The van der Waals surface area contributed by atoms with Crippen LogP contribution in [0, 0.1) is 6.92 Å². The summed E-state index contributed by atoms with van der Waals surface area (Å²) in [6.07, 6.45) is 1.73. The number of nitrogen functional groups attached to an aromatic ring is 1. The van der Waals surface area contributed by atoms with Crippen LogP contribution in [0.1, 0.15) is 11.1 Å². The standard InChI is InChI=1S/C14H16N2OS/c1-10-5-6-12(15)13(8-10)18-9-11-4-3-7-16-14(11)17-2/h3-8H,9,15H2,1-2H3. The fourth-order valence-corrected chi connectivity index (χ4v) is 2.67. The highest BCUT2D eigenvalue weighted by Crippen LogP contribution is 2.30. The van der Waals surface area contributed by atoms with Crippen LogP contribution < -0.4 is 10.5 Å². The van der Waals surface area contributed by atoms with Crippen LogP contribution in [-0.4, -0.2) is 12.1 Å². The van der Waals surface area contributed by atoms with Gasteiger partial charge in [0.15, 0.2) is 0 Å². The molecule has 0 atom stereocenters. The van der Waals surface area contributed by atoms with Gasteiger partial charge in [0.1, 0.15) is 0 Å². The van der Waals surface area contributed by atoms with Crippen molar-refractivity contribution in [2.75, 3.05) is 12.8 Å². The van der Waals surface area contributed by atoms with Gasteiger partial charge in [-0.15, -0.1) is 11.8 Å². The molecule has 1 aromatic heterocycles. The molecule has 0 unspecified atom stereocenters. The van der Waals surface area contributed by atoms with Crippen molar-refractivity contribution in [1.82, 2.24) is 4.98 Å². The second-order valence-corrected chi connectivity index (χ2v) is 5.02. The predicted octanol–water partition coefficient (Wildman–Crippen LogP) is 3.27. The number of anilines is 1. The Balaban J connectivity index is 2.14. The number of rotatable bonds is 4. The molecule has 0 bridgehead atoms. The Morgan fingerprint density at radius 2 is 2.17 bits per heavy atom. The molecule has 0 saturated carbocycles. The smallest absolute Gasteiger partial charge is 0.217 e. The minimum absolute atomic E-state index is 0.677. The molecule has 0 fully saturated rings. The maximum Gasteiger partial charge on any atom is 0.217 e. The van der Waals surface area contributed by atoms with Gasteiger partial charge < -0.3 is 10.5 Å². The van der Waals surface area contributed by atoms with Crippen LogP contribution in [-0.2, 0) is 5.75 Å². The largest absolute Gasteiger partial charge is 0.481 e. The molecule has 0 radical (unpaired) electrons. The lowest BCUT2D eigenvalue weighted by Gasteiger charge is -2.08. The number of thioether (sulfide) groups is 1. The van der Waals surface area contributed by atoms with E-state index in [1.807, 2.05) is 24.3 Å². The third kappa shape index (κ3) is 2.96. The highest BCUT2D eigenvalue weighted by atomic mass is 32.2. The lowest BCUT2D eigenvalue weighted by atomic mass is 10.2. The summed E-state index contributed by atoms with van der Waals surface area (Å²) in [6, 6.07) is 9.99. The molecule has 0 spiro atoms. The average molecular weight is 260 g/mol. The SMILES string of the molecule is COc1ncccc1CSc1cc(C)ccc1N. The molecule has 18 heavy (non-hydrogen) atoms. The van der Waals surface area contributed by atoms with Gasteiger partial charge in [0.25, 0.3) is 0 Å². The summed E-state index contributed by atoms with van der Waals surface area (Å²) >= 11 is 1.70. The normalized spacial score (nSPS) is 10.3. The highest BCUT2D eigenvalue weighted by Gasteiger charge is 2.06. The molecule has 0 aliphatic rings. The van der Waals surface area contributed by atoms with Crippen LogP contribution in [0.4, 0.5) is 5.69 Å². The van der Waals surface area contributed by atoms with Crippen LogP contribution in [0.5, 0.6) is 5.88 Å². The molecular formula is C14H16N2OS. The summed E-state index contributed by atoms with van der Waals surface area (Å²) < 4.78 is 5.23. The van der Waals surface area contributed by atoms with E-state index in [0.29, 0.717) is 5.88 Å². The van der Waals surface area contributed by atoms with Gasteiger partial charge in [-0.2, -0.15) is 0 Å². The number of aromatic nitrogens is 1. The molecule has 94 valence electrons. The minimum Gasteiger partial charge on any atom is -0.481 e. The molecule has 2 aromatic rings. The molecule has 0 amide bonds. The zero-order chi connectivity index (χ0) is 13.0. The zero-order valence-corrected chi connectivity index (χ0v) is 11.3. The van der Waals surface area contributed by atoms with E-state index in [9.17, 15) is 0 Å². The van der Waals surface area contributed by atoms with Crippen LogP contribution in [0.15, 0.2) is 41.4 Å². The molecule has 2 rings (SSSR count). The monoisotopic (exact) mass is 260 g/mol. The summed E-state index contributed by atoms with van der Waals surface area (Å²) in [4.78, 5) is 5.28. The minimum atomic E-state index is 0.677. The van der Waals surface area contributed by atoms with Crippen molar-refractivity contribution in [3.05, 3.63) is 47.7 Å². The third-order valence-corrected chi connectivity index (χ3v) is 3.72. The number of nitrogens with zero attached hydrogens (tertiary/aromatic N) is 1. The Kier molecular flexibility index (Phi) is 4.10. The molecule has 1 aromatic carbocycles. The van der Waals surface area contributed by atoms with Crippen molar-refractivity contribution in [3.8, 4) is 5.88 Å². The number of benzene rings is 1. The third-order valence-electron chi connectivity index (χ3n) is 2.60. The van der Waals surface area contributed by atoms with Crippen LogP contribution in [0.2, 0.25) is 0 Å². The summed E-state index contributed by atoms with van der Waals surface area (Å²) in [5.74, 6) is 1.47. The van der Waals surface area contributed by atoms with Gasteiger partial charge >= 0.3 is 0 Å². The first-order chi connectivity index (χ1) is 8.70. The topological polar surface area (TPSA) is 48.1 Å². The van der Waals surface area contributed by atoms with Gasteiger partial charge in [0, 0.05) is 28.1 Å². The summed E-state index contributed by atoms with van der Waals surface area (Å²) in [5, 5.41) is 0. The highest BCUT2D eigenvalue weighted by molar-refractivity contribution is 7.98. The maximum atomic E-state index is 5.96. The first kappa shape index (κ1) is 12.8. The van der Waals surface area contributed by atoms with Crippen molar-refractivity contribution in [2.45, 2.75) is 17.6 Å². The van der Waals surface area contributed by atoms with Crippen molar-refractivity contribution in [2.24, 2.45) is 0 Å². The van der Waals surface area contributed by atoms with Gasteiger partial charge in [-0.05, 0) is 30.7 Å². The Morgan fingerprint density at radius 1 is 1.33 bits per heavy atom. The number of methoxy groups -OCH3 is 1. The molecule has 1 heterocycles. The lowest BCUT2D eigenvalue weighted by Crippen LogP contribution is -1.94. The van der Waals surface area contributed by atoms with Gasteiger partial charge in [0.05, 0.1) is 7.11 Å². The van der Waals surface area contributed by atoms with E-state index in [1.54, 1.807) is 25.1 Å². The fourth-order valence-electron chi connectivity index (χ4n) is 1.64. The van der Waals surface area contributed by atoms with Gasteiger partial charge in [-0.25, -0.2) is 4.98 Å².